The van der Waals surface area contributed by atoms with Gasteiger partial charge in [-0.2, -0.15) is 0 Å². The molecule has 3 rings (SSSR count). The molecule has 206 valence electrons. The molecule has 0 saturated heterocycles. The summed E-state index contributed by atoms with van der Waals surface area (Å²) >= 11 is 0. The van der Waals surface area contributed by atoms with Gasteiger partial charge in [-0.15, -0.1) is 0 Å². The smallest absolute Gasteiger partial charge is 0.408 e. The predicted octanol–water partition coefficient (Wildman–Crippen LogP) is 5.28. The molecule has 0 spiro atoms. The lowest BCUT2D eigenvalue weighted by atomic mass is 10.0. The number of phenols is 1. The zero-order chi connectivity index (χ0) is 28.7. The van der Waals surface area contributed by atoms with Gasteiger partial charge in [0.25, 0.3) is 5.91 Å². The number of hydrogen-bond donors (Lipinski definition) is 3. The Balaban J connectivity index is 1.97. The van der Waals surface area contributed by atoms with Gasteiger partial charge in [-0.1, -0.05) is 60.7 Å². The highest BCUT2D eigenvalue weighted by Gasteiger charge is 2.34. The van der Waals surface area contributed by atoms with E-state index < -0.39 is 35.6 Å². The number of phenolic OH excluding ortho intramolecular Hbond substituents is 1. The standard InChI is InChI=1S/C31H37N3O5/c1-20-11-10-12-21(2)26(20)33-28(36)27(23-15-17-24(35)18-16-23)34(6)29(37)25(19-22-13-8-7-9-14-22)32-30(38)39-31(3,4)5/h7-18,25,27,35H,19H2,1-6H3,(H,32,38)(H,33,36). The summed E-state index contributed by atoms with van der Waals surface area (Å²) in [5, 5.41) is 15.5. The van der Waals surface area contributed by atoms with E-state index in [-0.39, 0.29) is 12.2 Å². The predicted molar refractivity (Wildman–Crippen MR) is 151 cm³/mol. The Labute approximate surface area is 230 Å². The first-order valence-corrected chi connectivity index (χ1v) is 12.8. The Morgan fingerprint density at radius 3 is 2.05 bits per heavy atom. The number of likely N-dealkylation sites (N-methyl/N-ethyl adjacent to an activating group) is 1. The van der Waals surface area contributed by atoms with Crippen LogP contribution >= 0.6 is 0 Å². The molecule has 3 aromatic carbocycles. The van der Waals surface area contributed by atoms with Crippen LogP contribution in [0.15, 0.2) is 72.8 Å². The van der Waals surface area contributed by atoms with Crippen molar-refractivity contribution in [3.8, 4) is 5.75 Å². The monoisotopic (exact) mass is 531 g/mol. The average Bonchev–Trinajstić information content (AvgIpc) is 2.86. The molecule has 0 heterocycles. The van der Waals surface area contributed by atoms with Crippen molar-refractivity contribution < 1.29 is 24.2 Å². The van der Waals surface area contributed by atoms with Gasteiger partial charge in [0.15, 0.2) is 0 Å². The van der Waals surface area contributed by atoms with Gasteiger partial charge >= 0.3 is 6.09 Å². The van der Waals surface area contributed by atoms with Gasteiger partial charge in [-0.3, -0.25) is 9.59 Å². The van der Waals surface area contributed by atoms with Gasteiger partial charge < -0.3 is 25.4 Å². The molecular weight excluding hydrogens is 494 g/mol. The van der Waals surface area contributed by atoms with Crippen LogP contribution in [0, 0.1) is 13.8 Å². The summed E-state index contributed by atoms with van der Waals surface area (Å²) in [6.07, 6.45) is -0.532. The molecule has 8 heteroatoms. The first kappa shape index (κ1) is 29.2. The summed E-state index contributed by atoms with van der Waals surface area (Å²) in [4.78, 5) is 41.7. The van der Waals surface area contributed by atoms with Crippen LogP contribution in [0.1, 0.15) is 49.1 Å². The maximum atomic E-state index is 13.9. The van der Waals surface area contributed by atoms with Crippen molar-refractivity contribution in [2.24, 2.45) is 0 Å². The van der Waals surface area contributed by atoms with E-state index >= 15 is 0 Å². The molecule has 0 aliphatic heterocycles. The molecule has 39 heavy (non-hydrogen) atoms. The second-order valence-electron chi connectivity index (χ2n) is 10.6. The second-order valence-corrected chi connectivity index (χ2v) is 10.6. The van der Waals surface area contributed by atoms with Crippen LogP contribution in [0.2, 0.25) is 0 Å². The minimum Gasteiger partial charge on any atom is -0.508 e. The highest BCUT2D eigenvalue weighted by molar-refractivity contribution is 5.99. The van der Waals surface area contributed by atoms with E-state index in [1.807, 2.05) is 62.4 Å². The lowest BCUT2D eigenvalue weighted by molar-refractivity contribution is -0.139. The lowest BCUT2D eigenvalue weighted by Crippen LogP contribution is -2.52. The molecule has 3 N–H and O–H groups in total. The number of rotatable bonds is 8. The number of amides is 3. The molecular formula is C31H37N3O5. The number of benzene rings is 3. The van der Waals surface area contributed by atoms with Gasteiger partial charge in [0.05, 0.1) is 0 Å². The Hall–Kier alpha value is -4.33. The first-order valence-electron chi connectivity index (χ1n) is 12.8. The van der Waals surface area contributed by atoms with Crippen molar-refractivity contribution >= 4 is 23.6 Å². The van der Waals surface area contributed by atoms with E-state index in [2.05, 4.69) is 10.6 Å². The minimum atomic E-state index is -1.05. The molecule has 2 atom stereocenters. The van der Waals surface area contributed by atoms with Crippen LogP contribution in [0.5, 0.6) is 5.75 Å². The SMILES string of the molecule is Cc1cccc(C)c1NC(=O)C(c1ccc(O)cc1)N(C)C(=O)C(Cc1ccccc1)NC(=O)OC(C)(C)C. The summed E-state index contributed by atoms with van der Waals surface area (Å²) in [6, 6.07) is 19.1. The first-order chi connectivity index (χ1) is 18.4. The molecule has 3 aromatic rings. The second kappa shape index (κ2) is 12.5. The molecule has 0 bridgehead atoms. The van der Waals surface area contributed by atoms with E-state index in [0.717, 1.165) is 16.7 Å². The quantitative estimate of drug-likeness (QED) is 0.366. The van der Waals surface area contributed by atoms with Gasteiger partial charge in [0.2, 0.25) is 5.91 Å². The average molecular weight is 532 g/mol. The zero-order valence-electron chi connectivity index (χ0n) is 23.3. The third-order valence-electron chi connectivity index (χ3n) is 6.19. The van der Waals surface area contributed by atoms with Crippen LogP contribution < -0.4 is 10.6 Å². The summed E-state index contributed by atoms with van der Waals surface area (Å²) in [6.45, 7) is 9.02. The third-order valence-corrected chi connectivity index (χ3v) is 6.19. The molecule has 8 nitrogen and oxygen atoms in total. The number of carbonyl (C=O) groups is 3. The van der Waals surface area contributed by atoms with Crippen molar-refractivity contribution in [1.82, 2.24) is 10.2 Å². The molecule has 0 saturated carbocycles. The number of hydrogen-bond acceptors (Lipinski definition) is 5. The molecule has 0 aliphatic carbocycles. The number of ether oxygens (including phenoxy) is 1. The van der Waals surface area contributed by atoms with Crippen molar-refractivity contribution in [3.63, 3.8) is 0 Å². The van der Waals surface area contributed by atoms with E-state index in [4.69, 9.17) is 4.74 Å². The normalized spacial score (nSPS) is 12.7. The van der Waals surface area contributed by atoms with E-state index in [1.54, 1.807) is 32.9 Å². The number of para-hydroxylation sites is 1. The maximum absolute atomic E-state index is 13.9. The summed E-state index contributed by atoms with van der Waals surface area (Å²) in [5.41, 5.74) is 3.02. The van der Waals surface area contributed by atoms with E-state index in [0.29, 0.717) is 11.3 Å². The number of alkyl carbamates (subject to hydrolysis) is 1. The number of anilines is 1. The van der Waals surface area contributed by atoms with Gasteiger partial charge in [0, 0.05) is 19.2 Å². The van der Waals surface area contributed by atoms with Crippen molar-refractivity contribution in [3.05, 3.63) is 95.1 Å². The molecule has 2 unspecified atom stereocenters. The van der Waals surface area contributed by atoms with Crippen LogP contribution in [-0.4, -0.2) is 46.6 Å². The summed E-state index contributed by atoms with van der Waals surface area (Å²) < 4.78 is 5.42. The number of aromatic hydroxyl groups is 1. The Kier molecular flexibility index (Phi) is 9.35. The molecule has 0 radical (unpaired) electrons. The van der Waals surface area contributed by atoms with Gasteiger partial charge in [0.1, 0.15) is 23.4 Å². The fraction of sp³-hybridized carbons (Fsp3) is 0.323. The Morgan fingerprint density at radius 1 is 0.897 bits per heavy atom. The van der Waals surface area contributed by atoms with Crippen LogP contribution in [-0.2, 0) is 20.7 Å². The van der Waals surface area contributed by atoms with Gasteiger partial charge in [-0.05, 0) is 69.0 Å². The highest BCUT2D eigenvalue weighted by Crippen LogP contribution is 2.27. The third kappa shape index (κ3) is 8.07. The summed E-state index contributed by atoms with van der Waals surface area (Å²) in [7, 11) is 1.53. The molecule has 3 amide bonds. The Bertz CT molecular complexity index is 1280. The van der Waals surface area contributed by atoms with Crippen molar-refractivity contribution in [2.45, 2.75) is 58.7 Å². The van der Waals surface area contributed by atoms with Gasteiger partial charge in [-0.25, -0.2) is 4.79 Å². The van der Waals surface area contributed by atoms with E-state index in [1.165, 1.54) is 24.1 Å². The fourth-order valence-corrected chi connectivity index (χ4v) is 4.28. The fourth-order valence-electron chi connectivity index (χ4n) is 4.28. The van der Waals surface area contributed by atoms with Crippen LogP contribution in [0.3, 0.4) is 0 Å². The molecule has 0 fully saturated rings. The number of aryl methyl sites for hydroxylation is 2. The van der Waals surface area contributed by atoms with E-state index in [9.17, 15) is 19.5 Å². The maximum Gasteiger partial charge on any atom is 0.408 e. The lowest BCUT2D eigenvalue weighted by Gasteiger charge is -2.32. The van der Waals surface area contributed by atoms with Crippen LogP contribution in [0.25, 0.3) is 0 Å². The number of nitrogens with one attached hydrogen (secondary N) is 2. The largest absolute Gasteiger partial charge is 0.508 e. The molecule has 0 aromatic heterocycles. The molecule has 0 aliphatic rings. The highest BCUT2D eigenvalue weighted by atomic mass is 16.6. The summed E-state index contributed by atoms with van der Waals surface area (Å²) in [5.74, 6) is -0.862. The van der Waals surface area contributed by atoms with Crippen LogP contribution in [0.4, 0.5) is 10.5 Å². The van der Waals surface area contributed by atoms with Crippen molar-refractivity contribution in [2.75, 3.05) is 12.4 Å². The topological polar surface area (TPSA) is 108 Å². The minimum absolute atomic E-state index is 0.0372. The Morgan fingerprint density at radius 2 is 1.49 bits per heavy atom. The zero-order valence-corrected chi connectivity index (χ0v) is 23.3. The number of nitrogens with zero attached hydrogens (tertiary/aromatic N) is 1. The van der Waals surface area contributed by atoms with Crippen molar-refractivity contribution in [1.29, 1.82) is 0 Å². The number of carbonyl (C=O) groups excluding carboxylic acids is 3.